The van der Waals surface area contributed by atoms with Crippen molar-refractivity contribution < 1.29 is 9.84 Å². The van der Waals surface area contributed by atoms with E-state index in [0.29, 0.717) is 18.7 Å². The van der Waals surface area contributed by atoms with Gasteiger partial charge in [-0.05, 0) is 30.5 Å². The van der Waals surface area contributed by atoms with E-state index in [0.717, 1.165) is 50.3 Å². The van der Waals surface area contributed by atoms with Crippen molar-refractivity contribution in [3.63, 3.8) is 0 Å². The van der Waals surface area contributed by atoms with Gasteiger partial charge in [0.1, 0.15) is 5.76 Å². The summed E-state index contributed by atoms with van der Waals surface area (Å²) < 4.78 is 7.09. The predicted molar refractivity (Wildman–Crippen MR) is 117 cm³/mol. The van der Waals surface area contributed by atoms with Crippen LogP contribution in [0.1, 0.15) is 24.0 Å². The second-order valence-electron chi connectivity index (χ2n) is 7.81. The smallest absolute Gasteiger partial charge is 0.293 e. The lowest BCUT2D eigenvalue weighted by Crippen LogP contribution is -2.45. The van der Waals surface area contributed by atoms with Gasteiger partial charge in [0.15, 0.2) is 5.75 Å². The molecular formula is C24H29N3O3. The van der Waals surface area contributed by atoms with Gasteiger partial charge in [-0.15, -0.1) is 0 Å². The maximum atomic E-state index is 12.6. The molecule has 1 fully saturated rings. The summed E-state index contributed by atoms with van der Waals surface area (Å²) in [6.07, 6.45) is 8.28. The molecule has 2 heterocycles. The van der Waals surface area contributed by atoms with Crippen LogP contribution < -0.4 is 5.56 Å². The van der Waals surface area contributed by atoms with E-state index in [1.54, 1.807) is 17.9 Å². The number of ether oxygens (including phenoxy) is 1. The number of nitrogens with zero attached hydrogens (tertiary/aromatic N) is 3. The fraction of sp³-hybridized carbons (Fsp3) is 0.375. The van der Waals surface area contributed by atoms with Gasteiger partial charge in [-0.1, -0.05) is 36.4 Å². The Kier molecular flexibility index (Phi) is 6.23. The Labute approximate surface area is 177 Å². The molecule has 0 unspecified atom stereocenters. The Bertz CT molecular complexity index is 987. The van der Waals surface area contributed by atoms with E-state index in [1.807, 2.05) is 36.4 Å². The molecule has 0 atom stereocenters. The molecule has 1 saturated heterocycles. The zero-order valence-electron chi connectivity index (χ0n) is 17.5. The Balaban J connectivity index is 1.38. The highest BCUT2D eigenvalue weighted by atomic mass is 16.5. The Morgan fingerprint density at radius 3 is 2.43 bits per heavy atom. The molecule has 1 N–H and O–H groups in total. The van der Waals surface area contributed by atoms with Crippen molar-refractivity contribution in [2.75, 3.05) is 33.3 Å². The zero-order valence-corrected chi connectivity index (χ0v) is 17.5. The third kappa shape index (κ3) is 4.44. The van der Waals surface area contributed by atoms with Crippen LogP contribution in [-0.4, -0.2) is 52.8 Å². The average Bonchev–Trinajstić information content (AvgIpc) is 2.80. The van der Waals surface area contributed by atoms with Gasteiger partial charge in [0, 0.05) is 44.5 Å². The van der Waals surface area contributed by atoms with E-state index in [1.165, 1.54) is 5.70 Å². The zero-order chi connectivity index (χ0) is 20.9. The van der Waals surface area contributed by atoms with Crippen LogP contribution in [0.5, 0.6) is 5.75 Å². The fourth-order valence-electron chi connectivity index (χ4n) is 4.13. The van der Waals surface area contributed by atoms with Crippen LogP contribution >= 0.6 is 0 Å². The quantitative estimate of drug-likeness (QED) is 0.798. The molecule has 2 aromatic rings. The minimum Gasteiger partial charge on any atom is -0.503 e. The highest BCUT2D eigenvalue weighted by Crippen LogP contribution is 2.24. The number of aromatic hydroxyl groups is 1. The van der Waals surface area contributed by atoms with Crippen LogP contribution in [0.25, 0.3) is 0 Å². The molecule has 1 aliphatic heterocycles. The van der Waals surface area contributed by atoms with Crippen molar-refractivity contribution in [2.45, 2.75) is 25.9 Å². The molecule has 2 aliphatic rings. The van der Waals surface area contributed by atoms with Crippen LogP contribution in [0.2, 0.25) is 0 Å². The fourth-order valence-corrected chi connectivity index (χ4v) is 4.13. The maximum absolute atomic E-state index is 12.6. The normalized spacial score (nSPS) is 17.4. The second-order valence-corrected chi connectivity index (χ2v) is 7.81. The third-order valence-electron chi connectivity index (χ3n) is 5.83. The molecule has 1 aliphatic carbocycles. The summed E-state index contributed by atoms with van der Waals surface area (Å²) in [6, 6.07) is 11.7. The Morgan fingerprint density at radius 1 is 0.967 bits per heavy atom. The molecule has 0 amide bonds. The van der Waals surface area contributed by atoms with Gasteiger partial charge in [-0.25, -0.2) is 0 Å². The largest absolute Gasteiger partial charge is 0.503 e. The van der Waals surface area contributed by atoms with E-state index in [2.05, 4.69) is 22.0 Å². The van der Waals surface area contributed by atoms with Crippen LogP contribution in [0, 0.1) is 0 Å². The lowest BCUT2D eigenvalue weighted by molar-refractivity contribution is 0.142. The SMILES string of the molecule is COC1=CCCC=C1N1CCN(Cc2ccn(Cc3ccccc3)c(=O)c2O)CC1. The number of methoxy groups -OCH3 is 1. The number of hydrogen-bond acceptors (Lipinski definition) is 5. The molecule has 0 bridgehead atoms. The van der Waals surface area contributed by atoms with Gasteiger partial charge < -0.3 is 19.3 Å². The number of aromatic nitrogens is 1. The second kappa shape index (κ2) is 9.22. The van der Waals surface area contributed by atoms with Gasteiger partial charge in [0.05, 0.1) is 19.4 Å². The Morgan fingerprint density at radius 2 is 1.70 bits per heavy atom. The first-order valence-corrected chi connectivity index (χ1v) is 10.5. The van der Waals surface area contributed by atoms with Crippen LogP contribution in [0.4, 0.5) is 0 Å². The minimum atomic E-state index is -0.336. The number of hydrogen-bond donors (Lipinski definition) is 1. The number of rotatable bonds is 6. The molecule has 158 valence electrons. The molecule has 1 aromatic heterocycles. The topological polar surface area (TPSA) is 57.9 Å². The predicted octanol–water partition coefficient (Wildman–Crippen LogP) is 2.93. The molecule has 0 saturated carbocycles. The Hall–Kier alpha value is -2.99. The van der Waals surface area contributed by atoms with Crippen LogP contribution in [0.3, 0.4) is 0 Å². The lowest BCUT2D eigenvalue weighted by Gasteiger charge is -2.38. The van der Waals surface area contributed by atoms with Crippen molar-refractivity contribution in [1.29, 1.82) is 0 Å². The molecule has 4 rings (SSSR count). The highest BCUT2D eigenvalue weighted by Gasteiger charge is 2.23. The monoisotopic (exact) mass is 407 g/mol. The van der Waals surface area contributed by atoms with E-state index < -0.39 is 0 Å². The first-order valence-electron chi connectivity index (χ1n) is 10.5. The van der Waals surface area contributed by atoms with Crippen molar-refractivity contribution in [3.8, 4) is 5.75 Å². The summed E-state index contributed by atoms with van der Waals surface area (Å²) in [5, 5.41) is 10.5. The van der Waals surface area contributed by atoms with Crippen molar-refractivity contribution in [2.24, 2.45) is 0 Å². The molecule has 0 spiro atoms. The van der Waals surface area contributed by atoms with Gasteiger partial charge in [0.25, 0.3) is 5.56 Å². The average molecular weight is 408 g/mol. The van der Waals surface area contributed by atoms with Crippen molar-refractivity contribution >= 4 is 0 Å². The standard InChI is InChI=1S/C24H29N3O3/c1-30-22-10-6-5-9-21(22)26-15-13-25(14-16-26)18-20-11-12-27(24(29)23(20)28)17-19-7-3-2-4-8-19/h2-4,7-12,28H,5-6,13-18H2,1H3. The maximum Gasteiger partial charge on any atom is 0.293 e. The summed E-state index contributed by atoms with van der Waals surface area (Å²) in [7, 11) is 1.73. The van der Waals surface area contributed by atoms with Gasteiger partial charge >= 0.3 is 0 Å². The van der Waals surface area contributed by atoms with Crippen molar-refractivity contribution in [1.82, 2.24) is 14.4 Å². The summed E-state index contributed by atoms with van der Waals surface area (Å²) in [5.41, 5.74) is 2.57. The highest BCUT2D eigenvalue weighted by molar-refractivity contribution is 5.30. The van der Waals surface area contributed by atoms with Crippen LogP contribution in [0.15, 0.2) is 71.0 Å². The van der Waals surface area contributed by atoms with Gasteiger partial charge in [-0.3, -0.25) is 9.69 Å². The molecule has 1 aromatic carbocycles. The van der Waals surface area contributed by atoms with E-state index in [4.69, 9.17) is 4.74 Å². The van der Waals surface area contributed by atoms with Crippen LogP contribution in [-0.2, 0) is 17.8 Å². The number of benzene rings is 1. The molecule has 0 radical (unpaired) electrons. The number of allylic oxidation sites excluding steroid dienone is 2. The summed E-state index contributed by atoms with van der Waals surface area (Å²) in [6.45, 7) is 4.59. The summed E-state index contributed by atoms with van der Waals surface area (Å²) >= 11 is 0. The summed E-state index contributed by atoms with van der Waals surface area (Å²) in [4.78, 5) is 17.3. The molecule has 6 heteroatoms. The number of piperazine rings is 1. The molecular weight excluding hydrogens is 378 g/mol. The summed E-state index contributed by atoms with van der Waals surface area (Å²) in [5.74, 6) is 0.824. The first-order chi connectivity index (χ1) is 14.7. The van der Waals surface area contributed by atoms with E-state index in [-0.39, 0.29) is 11.3 Å². The van der Waals surface area contributed by atoms with Gasteiger partial charge in [0.2, 0.25) is 0 Å². The van der Waals surface area contributed by atoms with E-state index in [9.17, 15) is 9.90 Å². The first kappa shape index (κ1) is 20.3. The number of pyridine rings is 1. The van der Waals surface area contributed by atoms with Gasteiger partial charge in [-0.2, -0.15) is 0 Å². The lowest BCUT2D eigenvalue weighted by atomic mass is 10.1. The molecule has 30 heavy (non-hydrogen) atoms. The van der Waals surface area contributed by atoms with Crippen molar-refractivity contribution in [3.05, 3.63) is 87.7 Å². The molecule has 6 nitrogen and oxygen atoms in total. The van der Waals surface area contributed by atoms with E-state index >= 15 is 0 Å². The minimum absolute atomic E-state index is 0.143. The third-order valence-corrected chi connectivity index (χ3v) is 5.83.